The Morgan fingerprint density at radius 3 is 2.69 bits per heavy atom. The number of hydrogen-bond donors (Lipinski definition) is 1. The van der Waals surface area contributed by atoms with Crippen LogP contribution in [-0.4, -0.2) is 67.0 Å². The van der Waals surface area contributed by atoms with Gasteiger partial charge in [-0.1, -0.05) is 29.3 Å². The van der Waals surface area contributed by atoms with E-state index in [1.807, 2.05) is 6.07 Å². The first kappa shape index (κ1) is 21.9. The van der Waals surface area contributed by atoms with E-state index in [0.29, 0.717) is 34.7 Å². The summed E-state index contributed by atoms with van der Waals surface area (Å²) in [5.74, 6) is 0.793. The van der Waals surface area contributed by atoms with Gasteiger partial charge in [-0.05, 0) is 17.7 Å². The molecule has 1 N–H and O–H groups in total. The average molecular weight is 458 g/mol. The molecule has 0 aromatic heterocycles. The van der Waals surface area contributed by atoms with Crippen molar-refractivity contribution in [3.8, 4) is 0 Å². The van der Waals surface area contributed by atoms with Crippen molar-refractivity contribution in [3.05, 3.63) is 33.8 Å². The van der Waals surface area contributed by atoms with Gasteiger partial charge in [0.2, 0.25) is 5.96 Å². The molecule has 0 aliphatic carbocycles. The van der Waals surface area contributed by atoms with E-state index in [1.54, 1.807) is 12.1 Å². The summed E-state index contributed by atoms with van der Waals surface area (Å²) in [6.07, 6.45) is 0.658. The molecule has 1 aromatic carbocycles. The molecule has 0 unspecified atom stereocenters. The van der Waals surface area contributed by atoms with E-state index in [9.17, 15) is 4.79 Å². The van der Waals surface area contributed by atoms with Crippen LogP contribution in [0.1, 0.15) is 12.0 Å². The second-order valence-electron chi connectivity index (χ2n) is 6.47. The molecule has 0 bridgehead atoms. The number of nitrogens with one attached hydrogen (secondary N) is 1. The molecule has 3 aliphatic rings. The van der Waals surface area contributed by atoms with E-state index in [4.69, 9.17) is 27.9 Å². The van der Waals surface area contributed by atoms with Gasteiger partial charge in [0.15, 0.2) is 11.5 Å². The smallest absolute Gasteiger partial charge is 0.280 e. The highest BCUT2D eigenvalue weighted by Gasteiger charge is 2.30. The largest absolute Gasteiger partial charge is 0.379 e. The van der Waals surface area contributed by atoms with Crippen LogP contribution in [0.5, 0.6) is 0 Å². The van der Waals surface area contributed by atoms with Gasteiger partial charge in [-0.3, -0.25) is 15.0 Å². The van der Waals surface area contributed by atoms with Crippen LogP contribution in [0.3, 0.4) is 0 Å². The minimum Gasteiger partial charge on any atom is -0.379 e. The van der Waals surface area contributed by atoms with E-state index < -0.39 is 0 Å². The zero-order chi connectivity index (χ0) is 19.5. The third-order valence-corrected chi connectivity index (χ3v) is 5.23. The fourth-order valence-corrected chi connectivity index (χ4v) is 3.29. The zero-order valence-electron chi connectivity index (χ0n) is 15.4. The Balaban J connectivity index is 0.00000240. The van der Waals surface area contributed by atoms with Crippen LogP contribution >= 0.6 is 35.6 Å². The maximum Gasteiger partial charge on any atom is 0.280 e. The van der Waals surface area contributed by atoms with Crippen LogP contribution < -0.4 is 5.32 Å². The van der Waals surface area contributed by atoms with Gasteiger partial charge in [0.05, 0.1) is 29.8 Å². The maximum atomic E-state index is 12.3. The lowest BCUT2D eigenvalue weighted by Gasteiger charge is -2.26. The lowest BCUT2D eigenvalue weighted by molar-refractivity contribution is -0.113. The van der Waals surface area contributed by atoms with Crippen LogP contribution in [0.4, 0.5) is 0 Å². The number of carbonyl (C=O) groups excluding carboxylic acids is 1. The second kappa shape index (κ2) is 9.77. The van der Waals surface area contributed by atoms with Crippen molar-refractivity contribution in [2.45, 2.75) is 13.0 Å². The summed E-state index contributed by atoms with van der Waals surface area (Å²) in [5.41, 5.74) is 1.10. The first-order valence-electron chi connectivity index (χ1n) is 8.93. The van der Waals surface area contributed by atoms with E-state index >= 15 is 0 Å². The van der Waals surface area contributed by atoms with Gasteiger partial charge in [0.25, 0.3) is 5.91 Å². The van der Waals surface area contributed by atoms with E-state index in [2.05, 4.69) is 30.2 Å². The van der Waals surface area contributed by atoms with E-state index in [0.717, 1.165) is 38.4 Å². The van der Waals surface area contributed by atoms with Crippen LogP contribution in [0.25, 0.3) is 0 Å². The van der Waals surface area contributed by atoms with Gasteiger partial charge in [-0.15, -0.1) is 12.4 Å². The summed E-state index contributed by atoms with van der Waals surface area (Å²) in [7, 11) is 0. The number of morpholine rings is 1. The number of hydrogen-bond acceptors (Lipinski definition) is 6. The van der Waals surface area contributed by atoms with Gasteiger partial charge in [-0.25, -0.2) is 15.0 Å². The van der Waals surface area contributed by atoms with Crippen molar-refractivity contribution in [3.63, 3.8) is 0 Å². The predicted octanol–water partition coefficient (Wildman–Crippen LogP) is 2.37. The summed E-state index contributed by atoms with van der Waals surface area (Å²) in [6, 6.07) is 5.26. The zero-order valence-corrected chi connectivity index (χ0v) is 17.7. The van der Waals surface area contributed by atoms with Crippen molar-refractivity contribution < 1.29 is 9.53 Å². The van der Waals surface area contributed by atoms with Gasteiger partial charge in [0, 0.05) is 26.1 Å². The Kier molecular flexibility index (Phi) is 7.37. The maximum absolute atomic E-state index is 12.3. The molecule has 11 heteroatoms. The molecule has 1 aromatic rings. The Morgan fingerprint density at radius 1 is 1.14 bits per heavy atom. The number of ether oxygens (including phenoxy) is 1. The molecule has 3 heterocycles. The van der Waals surface area contributed by atoms with Crippen LogP contribution in [0.2, 0.25) is 10.0 Å². The number of benzene rings is 1. The summed E-state index contributed by atoms with van der Waals surface area (Å²) in [6.45, 7) is 4.42. The molecule has 4 rings (SSSR count). The van der Waals surface area contributed by atoms with Crippen molar-refractivity contribution >= 4 is 64.9 Å². The highest BCUT2D eigenvalue weighted by Crippen LogP contribution is 2.23. The second-order valence-corrected chi connectivity index (χ2v) is 7.28. The first-order valence-corrected chi connectivity index (χ1v) is 9.69. The first-order chi connectivity index (χ1) is 13.6. The Labute approximate surface area is 184 Å². The number of rotatable bonds is 5. The Bertz CT molecular complexity index is 922. The van der Waals surface area contributed by atoms with Crippen LogP contribution in [0, 0.1) is 0 Å². The van der Waals surface area contributed by atoms with Crippen molar-refractivity contribution in [2.75, 3.05) is 32.8 Å². The molecule has 0 spiro atoms. The fourth-order valence-electron chi connectivity index (χ4n) is 2.97. The molecule has 1 fully saturated rings. The fraction of sp³-hybridized carbons (Fsp3) is 0.389. The minimum atomic E-state index is -0.344. The number of amides is 1. The van der Waals surface area contributed by atoms with Crippen molar-refractivity contribution in [2.24, 2.45) is 20.0 Å². The lowest BCUT2D eigenvalue weighted by atomic mass is 10.2. The van der Waals surface area contributed by atoms with Crippen molar-refractivity contribution in [1.29, 1.82) is 0 Å². The highest BCUT2D eigenvalue weighted by molar-refractivity contribution is 6.72. The number of guanidine groups is 1. The summed E-state index contributed by atoms with van der Waals surface area (Å²) in [4.78, 5) is 32.0. The molecular formula is C18H19Cl3N6O2. The Morgan fingerprint density at radius 2 is 1.93 bits per heavy atom. The Hall–Kier alpha value is -1.84. The lowest BCUT2D eigenvalue weighted by Crippen LogP contribution is -2.42. The molecule has 0 atom stereocenters. The SMILES string of the molecule is Cl.O=C1NC(=NCc2ccc(Cl)c(Cl)c2)N=C2N=C(CCN3CCOCC3)N=C12. The molecule has 3 aliphatic heterocycles. The van der Waals surface area contributed by atoms with Gasteiger partial charge >= 0.3 is 0 Å². The average Bonchev–Trinajstić information content (AvgIpc) is 3.12. The molecule has 29 heavy (non-hydrogen) atoms. The van der Waals surface area contributed by atoms with E-state index in [-0.39, 0.29) is 30.0 Å². The van der Waals surface area contributed by atoms with E-state index in [1.165, 1.54) is 0 Å². The van der Waals surface area contributed by atoms with Crippen LogP contribution in [0.15, 0.2) is 38.2 Å². The summed E-state index contributed by atoms with van der Waals surface area (Å²) < 4.78 is 5.34. The minimum absolute atomic E-state index is 0. The standard InChI is InChI=1S/C18H18Cl2N6O2.ClH/c19-12-2-1-11(9-13(12)20)10-21-18-24-16-15(17(27)25-18)22-14(23-16)3-4-26-5-7-28-8-6-26;/h1-2,9H,3-8,10H2,(H,21,25,27);1H. The van der Waals surface area contributed by atoms with Gasteiger partial charge < -0.3 is 4.74 Å². The number of halogens is 3. The highest BCUT2D eigenvalue weighted by atomic mass is 35.5. The molecule has 0 radical (unpaired) electrons. The number of carbonyl (C=O) groups is 1. The molecule has 0 saturated carbocycles. The topological polar surface area (TPSA) is 91.0 Å². The third-order valence-electron chi connectivity index (χ3n) is 4.49. The number of nitrogens with zero attached hydrogens (tertiary/aromatic N) is 5. The molecule has 8 nitrogen and oxygen atoms in total. The normalized spacial score (nSPS) is 20.4. The van der Waals surface area contributed by atoms with Gasteiger partial charge in [0.1, 0.15) is 5.84 Å². The number of fused-ring (bicyclic) bond motifs is 1. The molecule has 1 amide bonds. The third kappa shape index (κ3) is 5.40. The quantitative estimate of drug-likeness (QED) is 0.736. The summed E-state index contributed by atoms with van der Waals surface area (Å²) in [5, 5.41) is 3.58. The van der Waals surface area contributed by atoms with Gasteiger partial charge in [-0.2, -0.15) is 4.99 Å². The molecule has 154 valence electrons. The monoisotopic (exact) mass is 456 g/mol. The number of amidine groups is 2. The molecule has 1 saturated heterocycles. The van der Waals surface area contributed by atoms with Crippen molar-refractivity contribution in [1.82, 2.24) is 10.2 Å². The summed E-state index contributed by atoms with van der Waals surface area (Å²) >= 11 is 11.9. The molecular weight excluding hydrogens is 439 g/mol. The predicted molar refractivity (Wildman–Crippen MR) is 117 cm³/mol. The van der Waals surface area contributed by atoms with Crippen LogP contribution in [-0.2, 0) is 16.1 Å². The number of aliphatic imine (C=N–C) groups is 4.